The first-order chi connectivity index (χ1) is 7.54. The van der Waals surface area contributed by atoms with Crippen LogP contribution in [0.1, 0.15) is 31.9 Å². The SMILES string of the molecule is C=C(CC)COc1ccc([C@@H](C)N)cc1F. The molecule has 88 valence electrons. The largest absolute Gasteiger partial charge is 0.486 e. The molecule has 0 aliphatic rings. The molecule has 1 atom stereocenters. The number of ether oxygens (including phenoxy) is 1. The summed E-state index contributed by atoms with van der Waals surface area (Å²) in [6.07, 6.45) is 0.833. The van der Waals surface area contributed by atoms with Crippen molar-refractivity contribution in [2.75, 3.05) is 6.61 Å². The minimum Gasteiger partial charge on any atom is -0.486 e. The van der Waals surface area contributed by atoms with Gasteiger partial charge in [0.1, 0.15) is 6.61 Å². The second kappa shape index (κ2) is 5.66. The van der Waals surface area contributed by atoms with E-state index < -0.39 is 0 Å². The predicted molar refractivity (Wildman–Crippen MR) is 63.9 cm³/mol. The van der Waals surface area contributed by atoms with Crippen LogP contribution in [0.5, 0.6) is 5.75 Å². The Labute approximate surface area is 95.9 Å². The van der Waals surface area contributed by atoms with Gasteiger partial charge in [0.05, 0.1) is 0 Å². The second-order valence-electron chi connectivity index (χ2n) is 3.87. The lowest BCUT2D eigenvalue weighted by molar-refractivity contribution is 0.329. The Bertz CT molecular complexity index is 374. The van der Waals surface area contributed by atoms with E-state index in [1.165, 1.54) is 6.07 Å². The molecule has 0 saturated carbocycles. The van der Waals surface area contributed by atoms with E-state index in [1.807, 2.05) is 13.8 Å². The van der Waals surface area contributed by atoms with E-state index in [1.54, 1.807) is 12.1 Å². The molecule has 0 fully saturated rings. The number of rotatable bonds is 5. The predicted octanol–water partition coefficient (Wildman–Crippen LogP) is 3.19. The highest BCUT2D eigenvalue weighted by atomic mass is 19.1. The van der Waals surface area contributed by atoms with Gasteiger partial charge in [0.25, 0.3) is 0 Å². The summed E-state index contributed by atoms with van der Waals surface area (Å²) in [5, 5.41) is 0. The number of nitrogens with two attached hydrogens (primary N) is 1. The maximum absolute atomic E-state index is 13.6. The highest BCUT2D eigenvalue weighted by Gasteiger charge is 2.07. The molecule has 2 N–H and O–H groups in total. The Kier molecular flexibility index (Phi) is 4.50. The van der Waals surface area contributed by atoms with Crippen LogP contribution in [0.3, 0.4) is 0 Å². The normalized spacial score (nSPS) is 12.2. The summed E-state index contributed by atoms with van der Waals surface area (Å²) in [6, 6.07) is 4.62. The molecule has 0 aliphatic heterocycles. The van der Waals surface area contributed by atoms with Gasteiger partial charge in [-0.3, -0.25) is 0 Å². The van der Waals surface area contributed by atoms with Crippen LogP contribution in [-0.2, 0) is 0 Å². The fraction of sp³-hybridized carbons (Fsp3) is 0.385. The van der Waals surface area contributed by atoms with Gasteiger partial charge in [0, 0.05) is 6.04 Å². The topological polar surface area (TPSA) is 35.2 Å². The van der Waals surface area contributed by atoms with Crippen molar-refractivity contribution in [1.29, 1.82) is 0 Å². The summed E-state index contributed by atoms with van der Waals surface area (Å²) < 4.78 is 18.9. The monoisotopic (exact) mass is 223 g/mol. The molecular weight excluding hydrogens is 205 g/mol. The van der Waals surface area contributed by atoms with Crippen molar-refractivity contribution in [3.8, 4) is 5.75 Å². The smallest absolute Gasteiger partial charge is 0.165 e. The summed E-state index contributed by atoms with van der Waals surface area (Å²) >= 11 is 0. The molecule has 0 unspecified atom stereocenters. The van der Waals surface area contributed by atoms with Gasteiger partial charge in [-0.05, 0) is 36.6 Å². The fourth-order valence-electron chi connectivity index (χ4n) is 1.20. The van der Waals surface area contributed by atoms with E-state index in [4.69, 9.17) is 10.5 Å². The zero-order valence-electron chi connectivity index (χ0n) is 9.79. The molecule has 0 aromatic heterocycles. The maximum atomic E-state index is 13.6. The van der Waals surface area contributed by atoms with Crippen LogP contribution in [0.2, 0.25) is 0 Å². The van der Waals surface area contributed by atoms with E-state index in [9.17, 15) is 4.39 Å². The van der Waals surface area contributed by atoms with Crippen LogP contribution in [0.15, 0.2) is 30.4 Å². The summed E-state index contributed by atoms with van der Waals surface area (Å²) in [7, 11) is 0. The first kappa shape index (κ1) is 12.7. The van der Waals surface area contributed by atoms with Crippen LogP contribution in [0.4, 0.5) is 4.39 Å². The Morgan fingerprint density at radius 3 is 2.75 bits per heavy atom. The van der Waals surface area contributed by atoms with Crippen LogP contribution in [0, 0.1) is 5.82 Å². The van der Waals surface area contributed by atoms with Crippen molar-refractivity contribution in [2.24, 2.45) is 5.73 Å². The Balaban J connectivity index is 2.72. The standard InChI is InChI=1S/C13H18FNO/c1-4-9(2)8-16-13-6-5-11(10(3)15)7-12(13)14/h5-7,10H,2,4,8,15H2,1,3H3/t10-/m1/s1. The van der Waals surface area contributed by atoms with Crippen molar-refractivity contribution < 1.29 is 9.13 Å². The lowest BCUT2D eigenvalue weighted by Crippen LogP contribution is -2.06. The maximum Gasteiger partial charge on any atom is 0.165 e. The Hall–Kier alpha value is -1.35. The van der Waals surface area contributed by atoms with E-state index in [-0.39, 0.29) is 17.6 Å². The fourth-order valence-corrected chi connectivity index (χ4v) is 1.20. The summed E-state index contributed by atoms with van der Waals surface area (Å²) in [5.41, 5.74) is 7.36. The highest BCUT2D eigenvalue weighted by molar-refractivity contribution is 5.31. The lowest BCUT2D eigenvalue weighted by Gasteiger charge is -2.10. The quantitative estimate of drug-likeness (QED) is 0.778. The number of benzene rings is 1. The molecule has 16 heavy (non-hydrogen) atoms. The van der Waals surface area contributed by atoms with Gasteiger partial charge >= 0.3 is 0 Å². The lowest BCUT2D eigenvalue weighted by atomic mass is 10.1. The minimum absolute atomic E-state index is 0.172. The molecule has 0 heterocycles. The highest BCUT2D eigenvalue weighted by Crippen LogP contribution is 2.21. The van der Waals surface area contributed by atoms with Gasteiger partial charge in [0.15, 0.2) is 11.6 Å². The van der Waals surface area contributed by atoms with E-state index in [2.05, 4.69) is 6.58 Å². The molecule has 1 rings (SSSR count). The van der Waals surface area contributed by atoms with Crippen LogP contribution < -0.4 is 10.5 Å². The van der Waals surface area contributed by atoms with Gasteiger partial charge in [-0.25, -0.2) is 4.39 Å². The molecule has 3 heteroatoms. The third-order valence-electron chi connectivity index (χ3n) is 2.41. The third-order valence-corrected chi connectivity index (χ3v) is 2.41. The van der Waals surface area contributed by atoms with Crippen molar-refractivity contribution >= 4 is 0 Å². The van der Waals surface area contributed by atoms with Crippen LogP contribution in [0.25, 0.3) is 0 Å². The molecule has 2 nitrogen and oxygen atoms in total. The average Bonchev–Trinajstić information content (AvgIpc) is 2.26. The van der Waals surface area contributed by atoms with Gasteiger partial charge in [-0.15, -0.1) is 0 Å². The van der Waals surface area contributed by atoms with Crippen LogP contribution in [-0.4, -0.2) is 6.61 Å². The Morgan fingerprint density at radius 1 is 1.56 bits per heavy atom. The zero-order chi connectivity index (χ0) is 12.1. The first-order valence-electron chi connectivity index (χ1n) is 5.39. The average molecular weight is 223 g/mol. The summed E-state index contributed by atoms with van der Waals surface area (Å²) in [4.78, 5) is 0. The molecule has 0 amide bonds. The molecule has 1 aromatic rings. The summed E-state index contributed by atoms with van der Waals surface area (Å²) in [6.45, 7) is 7.95. The van der Waals surface area contributed by atoms with Gasteiger partial charge in [-0.2, -0.15) is 0 Å². The van der Waals surface area contributed by atoms with Crippen molar-refractivity contribution in [2.45, 2.75) is 26.3 Å². The first-order valence-corrected chi connectivity index (χ1v) is 5.39. The third kappa shape index (κ3) is 3.35. The molecular formula is C13H18FNO. The molecule has 0 radical (unpaired) electrons. The van der Waals surface area contributed by atoms with Gasteiger partial charge in [0.2, 0.25) is 0 Å². The van der Waals surface area contributed by atoms with Gasteiger partial charge in [-0.1, -0.05) is 19.6 Å². The number of hydrogen-bond acceptors (Lipinski definition) is 2. The number of halogens is 1. The van der Waals surface area contributed by atoms with Crippen molar-refractivity contribution in [3.63, 3.8) is 0 Å². The Morgan fingerprint density at radius 2 is 2.25 bits per heavy atom. The molecule has 0 aliphatic carbocycles. The van der Waals surface area contributed by atoms with Crippen molar-refractivity contribution in [1.82, 2.24) is 0 Å². The van der Waals surface area contributed by atoms with E-state index in [0.29, 0.717) is 6.61 Å². The number of hydrogen-bond donors (Lipinski definition) is 1. The molecule has 0 saturated heterocycles. The minimum atomic E-state index is -0.376. The van der Waals surface area contributed by atoms with E-state index in [0.717, 1.165) is 17.6 Å². The molecule has 0 bridgehead atoms. The molecule has 0 spiro atoms. The second-order valence-corrected chi connectivity index (χ2v) is 3.87. The van der Waals surface area contributed by atoms with Crippen LogP contribution >= 0.6 is 0 Å². The van der Waals surface area contributed by atoms with Crippen molar-refractivity contribution in [3.05, 3.63) is 41.7 Å². The van der Waals surface area contributed by atoms with E-state index >= 15 is 0 Å². The molecule has 1 aromatic carbocycles. The zero-order valence-corrected chi connectivity index (χ0v) is 9.79. The summed E-state index contributed by atoms with van der Waals surface area (Å²) in [5.74, 6) is -0.127. The van der Waals surface area contributed by atoms with Gasteiger partial charge < -0.3 is 10.5 Å².